The Balaban J connectivity index is -0.000000391. The van der Waals surface area contributed by atoms with Crippen molar-refractivity contribution in [2.24, 2.45) is 12.5 Å². The highest BCUT2D eigenvalue weighted by molar-refractivity contribution is 8.12. The Hall–Kier alpha value is -4.43. The fraction of sp³-hybridized carbons (Fsp3) is 0.500. The molecule has 2 aromatic carbocycles. The van der Waals surface area contributed by atoms with Crippen molar-refractivity contribution in [1.29, 1.82) is 0 Å². The Bertz CT molecular complexity index is 2540. The molecule has 2 aliphatic carbocycles. The average molecular weight is 1190 g/mol. The number of carbonyl (C=O) groups excluding carboxylic acids is 5. The van der Waals surface area contributed by atoms with Crippen LogP contribution in [0.25, 0.3) is 0 Å². The van der Waals surface area contributed by atoms with Crippen molar-refractivity contribution < 1.29 is 59.1 Å². The summed E-state index contributed by atoms with van der Waals surface area (Å²) < 4.78 is 98.8. The highest BCUT2D eigenvalue weighted by atomic mass is 35.5. The first-order valence-corrected chi connectivity index (χ1v) is 27.0. The lowest BCUT2D eigenvalue weighted by Gasteiger charge is -2.18. The third-order valence-electron chi connectivity index (χ3n) is 10.1. The lowest BCUT2D eigenvalue weighted by atomic mass is 9.86. The number of ketones is 4. The smallest absolute Gasteiger partial charge is 0.300 e. The van der Waals surface area contributed by atoms with E-state index in [-0.39, 0.29) is 43.9 Å². The maximum Gasteiger partial charge on any atom is 0.435 e. The lowest BCUT2D eigenvalue weighted by Crippen LogP contribution is -2.15. The number of halogens is 10. The Labute approximate surface area is 475 Å². The van der Waals surface area contributed by atoms with Gasteiger partial charge in [0, 0.05) is 48.2 Å². The maximum atomic E-state index is 12.3. The van der Waals surface area contributed by atoms with Crippen molar-refractivity contribution in [1.82, 2.24) is 14.8 Å². The standard InChI is InChI=1S/C8H7F3.C8H12O.C7H6F2.C7H10O.C6H6ClF3N2.C6H12O.C5H6ClNS.C3H6OS.C3H6O.C3H6S/c1-6-4-2-3-5-7(6)8(9,10)11;1-3-4-7-5-8(9)6(7)2;1-5-6(8)3-2-4-7(5)9;1-3-6-4-7(8)5(6)2;1-3-4(6(8,9)10)11-12(2)5(3)7;1-5(7)6(2,3)4;1-3-4(2)8-5(6)7-3;1-3(4)5-2;2*1-3(2)4/h2-5H,1H3;3-5H2,1-2H3;2-4H,1H3;3-4H2,1-2H3;1-2H3;1-4H3;1-2H3;1-2H3;2*1-2H3. The maximum absolute atomic E-state index is 12.3. The van der Waals surface area contributed by atoms with Gasteiger partial charge in [-0.15, -0.1) is 11.3 Å². The molecule has 0 saturated carbocycles. The SMILES string of the molecule is CC(=O)C(C)(C)C.CC(C)=O.CC(C)=S.CCC1=C(C)C(=O)C1.CCCC1=C(C)C(=O)C1.CSC(C)=O.Cc1c(C(F)(F)F)nn(C)c1Cl.Cc1c(F)cccc1F.Cc1ccccc1C(F)(F)F.Cc1nc(Cl)sc1C. The molecule has 6 rings (SSSR count). The zero-order chi connectivity index (χ0) is 61.5. The molecule has 2 heterocycles. The summed E-state index contributed by atoms with van der Waals surface area (Å²) >= 11 is 18.4. The Kier molecular flexibility index (Phi) is 40.1. The van der Waals surface area contributed by atoms with Crippen LogP contribution in [0.5, 0.6) is 0 Å². The predicted octanol–water partition coefficient (Wildman–Crippen LogP) is 18.4. The summed E-state index contributed by atoms with van der Waals surface area (Å²) in [5.41, 5.74) is 4.49. The van der Waals surface area contributed by atoms with E-state index in [1.54, 1.807) is 26.2 Å². The third-order valence-corrected chi connectivity index (χ3v) is 12.4. The van der Waals surface area contributed by atoms with E-state index < -0.39 is 35.2 Å². The molecular formula is C56H77Cl2F8N3O5S3. The van der Waals surface area contributed by atoms with Gasteiger partial charge in [-0.3, -0.25) is 23.9 Å². The molecule has 0 unspecified atom stereocenters. The molecule has 0 saturated heterocycles. The zero-order valence-corrected chi connectivity index (χ0v) is 51.9. The number of rotatable bonds is 3. The minimum atomic E-state index is -4.42. The molecule has 0 atom stereocenters. The second kappa shape index (κ2) is 39.0. The van der Waals surface area contributed by atoms with Crippen molar-refractivity contribution in [3.8, 4) is 0 Å². The number of aromatic nitrogens is 3. The van der Waals surface area contributed by atoms with E-state index in [9.17, 15) is 59.1 Å². The van der Waals surface area contributed by atoms with Gasteiger partial charge in [-0.1, -0.05) is 124 Å². The number of hydrogen-bond donors (Lipinski definition) is 0. The van der Waals surface area contributed by atoms with Gasteiger partial charge in [-0.05, 0) is 142 Å². The van der Waals surface area contributed by atoms with Crippen molar-refractivity contribution in [2.45, 2.75) is 169 Å². The van der Waals surface area contributed by atoms with Crippen molar-refractivity contribution in [3.05, 3.63) is 125 Å². The Morgan fingerprint density at radius 1 is 0.727 bits per heavy atom. The second-order valence-electron chi connectivity index (χ2n) is 18.2. The molecule has 77 heavy (non-hydrogen) atoms. The molecule has 2 aliphatic rings. The van der Waals surface area contributed by atoms with Crippen molar-refractivity contribution >= 4 is 91.6 Å². The summed E-state index contributed by atoms with van der Waals surface area (Å²) in [7, 11) is 1.37. The van der Waals surface area contributed by atoms with E-state index in [1.807, 2.05) is 62.3 Å². The number of thioether (sulfide) groups is 1. The van der Waals surface area contributed by atoms with E-state index in [0.29, 0.717) is 16.0 Å². The van der Waals surface area contributed by atoms with Crippen LogP contribution in [0.1, 0.15) is 161 Å². The number of nitrogens with zero attached hydrogens (tertiary/aromatic N) is 3. The molecular weight excluding hydrogens is 1110 g/mol. The first kappa shape index (κ1) is 79.1. The lowest BCUT2D eigenvalue weighted by molar-refractivity contribution is -0.142. The molecule has 0 radical (unpaired) electrons. The summed E-state index contributed by atoms with van der Waals surface area (Å²) in [6, 6.07) is 9.31. The summed E-state index contributed by atoms with van der Waals surface area (Å²) in [6.07, 6.45) is -2.07. The van der Waals surface area contributed by atoms with E-state index >= 15 is 0 Å². The molecule has 0 fully saturated rings. The van der Waals surface area contributed by atoms with Crippen LogP contribution in [-0.2, 0) is 43.4 Å². The van der Waals surface area contributed by atoms with Crippen LogP contribution in [0, 0.1) is 51.7 Å². The number of thiocarbonyl (C=S) groups is 1. The summed E-state index contributed by atoms with van der Waals surface area (Å²) in [4.78, 5) is 57.1. The summed E-state index contributed by atoms with van der Waals surface area (Å²) in [5.74, 6) is 0.109. The highest BCUT2D eigenvalue weighted by Gasteiger charge is 2.37. The number of allylic oxidation sites excluding steroid dienone is 4. The molecule has 21 heteroatoms. The predicted molar refractivity (Wildman–Crippen MR) is 306 cm³/mol. The number of benzene rings is 2. The summed E-state index contributed by atoms with van der Waals surface area (Å²) in [6.45, 7) is 31.9. The van der Waals surface area contributed by atoms with E-state index in [2.05, 4.69) is 36.1 Å². The first-order valence-electron chi connectivity index (χ1n) is 23.8. The fourth-order valence-electron chi connectivity index (χ4n) is 4.85. The number of alkyl halides is 6. The minimum Gasteiger partial charge on any atom is -0.300 e. The average Bonchev–Trinajstić information content (AvgIpc) is 3.75. The largest absolute Gasteiger partial charge is 0.435 e. The molecule has 0 N–H and O–H groups in total. The van der Waals surface area contributed by atoms with E-state index in [1.165, 1.54) is 118 Å². The van der Waals surface area contributed by atoms with Gasteiger partial charge in [0.25, 0.3) is 0 Å². The van der Waals surface area contributed by atoms with Crippen LogP contribution in [0.2, 0.25) is 9.62 Å². The van der Waals surface area contributed by atoms with Gasteiger partial charge in [0.15, 0.2) is 26.8 Å². The van der Waals surface area contributed by atoms with E-state index in [0.717, 1.165) is 58.1 Å². The number of hydrogen-bond acceptors (Lipinski definition) is 10. The van der Waals surface area contributed by atoms with Gasteiger partial charge >= 0.3 is 12.4 Å². The van der Waals surface area contributed by atoms with Gasteiger partial charge in [0.2, 0.25) is 0 Å². The Morgan fingerprint density at radius 2 is 1.13 bits per heavy atom. The molecule has 0 spiro atoms. The van der Waals surface area contributed by atoms with Crippen LogP contribution in [0.15, 0.2) is 64.8 Å². The second-order valence-corrected chi connectivity index (χ2v) is 22.2. The topological polar surface area (TPSA) is 116 Å². The number of Topliss-reactive ketones (excluding diaryl/α,β-unsaturated/α-hetero) is 4. The normalized spacial score (nSPS) is 12.0. The summed E-state index contributed by atoms with van der Waals surface area (Å²) in [5, 5.41) is 3.43. The fourth-order valence-corrected chi connectivity index (χ4v) is 6.08. The number of thiazole rings is 1. The monoisotopic (exact) mass is 1190 g/mol. The highest BCUT2D eigenvalue weighted by Crippen LogP contribution is 2.34. The Morgan fingerprint density at radius 3 is 1.31 bits per heavy atom. The minimum absolute atomic E-state index is 0.0160. The van der Waals surface area contributed by atoms with Crippen LogP contribution in [0.4, 0.5) is 35.1 Å². The van der Waals surface area contributed by atoms with Gasteiger partial charge < -0.3 is 4.79 Å². The third kappa shape index (κ3) is 36.4. The number of aryl methyl sites for hydroxylation is 4. The van der Waals surface area contributed by atoms with Gasteiger partial charge in [-0.2, -0.15) is 31.4 Å². The van der Waals surface area contributed by atoms with Crippen LogP contribution < -0.4 is 0 Å². The first-order chi connectivity index (χ1) is 35.0. The molecule has 434 valence electrons. The van der Waals surface area contributed by atoms with Crippen molar-refractivity contribution in [2.75, 3.05) is 6.26 Å². The van der Waals surface area contributed by atoms with Crippen molar-refractivity contribution in [3.63, 3.8) is 0 Å². The van der Waals surface area contributed by atoms with E-state index in [4.69, 9.17) is 23.2 Å². The zero-order valence-electron chi connectivity index (χ0n) is 48.0. The van der Waals surface area contributed by atoms with Gasteiger partial charge in [0.1, 0.15) is 28.4 Å². The quantitative estimate of drug-likeness (QED) is 0.146. The molecule has 0 amide bonds. The van der Waals surface area contributed by atoms with Crippen LogP contribution in [0.3, 0.4) is 0 Å². The number of carbonyl (C=O) groups is 5. The van der Waals surface area contributed by atoms with Crippen LogP contribution >= 0.6 is 58.5 Å². The van der Waals surface area contributed by atoms with Crippen LogP contribution in [-0.4, -0.2) is 54.1 Å². The molecule has 2 aromatic heterocycles. The van der Waals surface area contributed by atoms with Gasteiger partial charge in [-0.25, -0.2) is 13.8 Å². The molecule has 0 aliphatic heterocycles. The molecule has 4 aromatic rings. The van der Waals surface area contributed by atoms with Gasteiger partial charge in [0.05, 0.1) is 11.3 Å². The molecule has 0 bridgehead atoms. The molecule has 8 nitrogen and oxygen atoms in total.